The van der Waals surface area contributed by atoms with Gasteiger partial charge >= 0.3 is 6.18 Å². The largest absolute Gasteiger partial charge is 0.417 e. The lowest BCUT2D eigenvalue weighted by Gasteiger charge is -2.27. The number of alkyl halides is 3. The SMILES string of the molecule is Clc1cccc2ccnn12.FC(F)(F)c1ccc(N2CCc3nc[nH]c3C2)nc1. The highest BCUT2D eigenvalue weighted by atomic mass is 35.5. The predicted octanol–water partition coefficient (Wildman–Crippen LogP) is 4.37. The first-order valence-electron chi connectivity index (χ1n) is 8.79. The molecule has 0 fully saturated rings. The molecule has 6 nitrogen and oxygen atoms in total. The first kappa shape index (κ1) is 19.3. The molecule has 0 saturated heterocycles. The molecule has 0 unspecified atom stereocenters. The van der Waals surface area contributed by atoms with E-state index in [4.69, 9.17) is 11.6 Å². The number of H-pyrrole nitrogens is 1. The Balaban J connectivity index is 0.000000171. The van der Waals surface area contributed by atoms with Gasteiger partial charge in [0.2, 0.25) is 0 Å². The number of halogens is 4. The highest BCUT2D eigenvalue weighted by Gasteiger charge is 2.31. The van der Waals surface area contributed by atoms with Gasteiger partial charge in [-0.05, 0) is 30.3 Å². The molecule has 10 heteroatoms. The Morgan fingerprint density at radius 2 is 1.93 bits per heavy atom. The average molecular weight is 421 g/mol. The van der Waals surface area contributed by atoms with Crippen LogP contribution in [0.15, 0.2) is 55.1 Å². The maximum absolute atomic E-state index is 12.5. The van der Waals surface area contributed by atoms with Gasteiger partial charge in [0.05, 0.1) is 41.5 Å². The van der Waals surface area contributed by atoms with Crippen LogP contribution in [0.1, 0.15) is 17.0 Å². The van der Waals surface area contributed by atoms with E-state index in [2.05, 4.69) is 20.1 Å². The predicted molar refractivity (Wildman–Crippen MR) is 103 cm³/mol. The van der Waals surface area contributed by atoms with Gasteiger partial charge in [-0.25, -0.2) is 14.5 Å². The van der Waals surface area contributed by atoms with E-state index in [1.54, 1.807) is 17.0 Å². The second-order valence-electron chi connectivity index (χ2n) is 6.42. The first-order chi connectivity index (χ1) is 13.9. The Hall–Kier alpha value is -3.07. The molecule has 0 spiro atoms. The molecular weight excluding hydrogens is 405 g/mol. The van der Waals surface area contributed by atoms with Gasteiger partial charge in [0.1, 0.15) is 11.0 Å². The Kier molecular flexibility index (Phi) is 5.14. The third-order valence-corrected chi connectivity index (χ3v) is 4.84. The topological polar surface area (TPSA) is 62.1 Å². The van der Waals surface area contributed by atoms with Crippen LogP contribution in [0.3, 0.4) is 0 Å². The van der Waals surface area contributed by atoms with Crippen molar-refractivity contribution in [1.82, 2.24) is 24.6 Å². The van der Waals surface area contributed by atoms with Crippen LogP contribution in [0.2, 0.25) is 5.15 Å². The minimum atomic E-state index is -4.34. The summed E-state index contributed by atoms with van der Waals surface area (Å²) >= 11 is 5.80. The second-order valence-corrected chi connectivity index (χ2v) is 6.81. The summed E-state index contributed by atoms with van der Waals surface area (Å²) < 4.78 is 39.0. The maximum Gasteiger partial charge on any atom is 0.417 e. The van der Waals surface area contributed by atoms with Gasteiger partial charge in [-0.15, -0.1) is 0 Å². The fourth-order valence-corrected chi connectivity index (χ4v) is 3.28. The van der Waals surface area contributed by atoms with E-state index in [1.165, 1.54) is 6.07 Å². The standard InChI is InChI=1S/C12H11F3N4.C7H5ClN2/c13-12(14,15)8-1-2-11(16-5-8)19-4-3-9-10(6-19)18-7-17-9;8-7-3-1-2-6-4-5-9-10(6)7/h1-2,5,7H,3-4,6H2,(H,17,18);1-5H. The van der Waals surface area contributed by atoms with E-state index in [0.717, 1.165) is 35.6 Å². The van der Waals surface area contributed by atoms with Gasteiger partial charge in [-0.1, -0.05) is 17.7 Å². The summed E-state index contributed by atoms with van der Waals surface area (Å²) in [6, 6.07) is 10.0. The minimum absolute atomic E-state index is 0.549. The maximum atomic E-state index is 12.5. The molecule has 1 aliphatic heterocycles. The lowest BCUT2D eigenvalue weighted by Crippen LogP contribution is -2.31. The number of fused-ring (bicyclic) bond motifs is 2. The van der Waals surface area contributed by atoms with Crippen LogP contribution in [-0.4, -0.2) is 31.1 Å². The lowest BCUT2D eigenvalue weighted by atomic mass is 10.1. The van der Waals surface area contributed by atoms with Crippen molar-refractivity contribution in [2.24, 2.45) is 0 Å². The number of rotatable bonds is 1. The number of aromatic nitrogens is 5. The molecule has 5 rings (SSSR count). The number of nitrogens with zero attached hydrogens (tertiary/aromatic N) is 5. The fourth-order valence-electron chi connectivity index (χ4n) is 3.06. The van der Waals surface area contributed by atoms with Crippen molar-refractivity contribution in [2.75, 3.05) is 11.4 Å². The van der Waals surface area contributed by atoms with Crippen LogP contribution in [0, 0.1) is 0 Å². The molecule has 1 N–H and O–H groups in total. The number of pyridine rings is 2. The molecule has 29 heavy (non-hydrogen) atoms. The number of hydrogen-bond acceptors (Lipinski definition) is 4. The van der Waals surface area contributed by atoms with E-state index < -0.39 is 11.7 Å². The lowest BCUT2D eigenvalue weighted by molar-refractivity contribution is -0.137. The van der Waals surface area contributed by atoms with Gasteiger partial charge in [0, 0.05) is 19.2 Å². The molecule has 0 aromatic carbocycles. The van der Waals surface area contributed by atoms with Gasteiger partial charge in [-0.3, -0.25) is 0 Å². The normalized spacial score (nSPS) is 13.7. The smallest absolute Gasteiger partial charge is 0.350 e. The second kappa shape index (κ2) is 7.75. The molecule has 0 radical (unpaired) electrons. The molecule has 5 heterocycles. The van der Waals surface area contributed by atoms with Gasteiger partial charge < -0.3 is 9.88 Å². The van der Waals surface area contributed by atoms with Crippen molar-refractivity contribution in [3.63, 3.8) is 0 Å². The van der Waals surface area contributed by atoms with Gasteiger partial charge in [0.15, 0.2) is 0 Å². The molecular formula is C19H16ClF3N6. The van der Waals surface area contributed by atoms with Gasteiger partial charge in [-0.2, -0.15) is 18.3 Å². The van der Waals surface area contributed by atoms with Crippen molar-refractivity contribution in [3.05, 3.63) is 77.2 Å². The van der Waals surface area contributed by atoms with Crippen LogP contribution in [-0.2, 0) is 19.1 Å². The number of nitrogens with one attached hydrogen (secondary N) is 1. The Morgan fingerprint density at radius 3 is 2.66 bits per heavy atom. The monoisotopic (exact) mass is 420 g/mol. The summed E-state index contributed by atoms with van der Waals surface area (Å²) in [7, 11) is 0. The van der Waals surface area contributed by atoms with Crippen molar-refractivity contribution < 1.29 is 13.2 Å². The summed E-state index contributed by atoms with van der Waals surface area (Å²) in [5, 5.41) is 4.64. The van der Waals surface area contributed by atoms with Crippen LogP contribution < -0.4 is 4.90 Å². The fraction of sp³-hybridized carbons (Fsp3) is 0.211. The van der Waals surface area contributed by atoms with Crippen molar-refractivity contribution in [3.8, 4) is 0 Å². The van der Waals surface area contributed by atoms with Crippen LogP contribution in [0.4, 0.5) is 19.0 Å². The van der Waals surface area contributed by atoms with Gasteiger partial charge in [0.25, 0.3) is 0 Å². The summed E-state index contributed by atoms with van der Waals surface area (Å²) in [5.41, 5.74) is 2.30. The molecule has 4 aromatic heterocycles. The number of hydrogen-bond donors (Lipinski definition) is 1. The first-order valence-corrected chi connectivity index (χ1v) is 9.17. The quantitative estimate of drug-likeness (QED) is 0.464. The van der Waals surface area contributed by atoms with Crippen LogP contribution >= 0.6 is 11.6 Å². The van der Waals surface area contributed by atoms with E-state index in [9.17, 15) is 13.2 Å². The van der Waals surface area contributed by atoms with E-state index in [0.29, 0.717) is 24.1 Å². The number of anilines is 1. The molecule has 0 saturated carbocycles. The molecule has 0 atom stereocenters. The molecule has 0 aliphatic carbocycles. The molecule has 0 amide bonds. The summed E-state index contributed by atoms with van der Waals surface area (Å²) in [6.07, 6.45) is 0.652. The Morgan fingerprint density at radius 1 is 1.07 bits per heavy atom. The van der Waals surface area contributed by atoms with Crippen molar-refractivity contribution >= 4 is 22.9 Å². The zero-order valence-corrected chi connectivity index (χ0v) is 15.8. The third-order valence-electron chi connectivity index (χ3n) is 4.55. The zero-order chi connectivity index (χ0) is 20.4. The van der Waals surface area contributed by atoms with E-state index in [-0.39, 0.29) is 0 Å². The zero-order valence-electron chi connectivity index (χ0n) is 15.1. The van der Waals surface area contributed by atoms with E-state index >= 15 is 0 Å². The number of imidazole rings is 1. The highest BCUT2D eigenvalue weighted by Crippen LogP contribution is 2.30. The Bertz CT molecular complexity index is 1100. The van der Waals surface area contributed by atoms with Crippen molar-refractivity contribution in [1.29, 1.82) is 0 Å². The van der Waals surface area contributed by atoms with Crippen LogP contribution in [0.25, 0.3) is 5.52 Å². The van der Waals surface area contributed by atoms with Crippen LogP contribution in [0.5, 0.6) is 0 Å². The summed E-state index contributed by atoms with van der Waals surface area (Å²) in [6.45, 7) is 1.30. The van der Waals surface area contributed by atoms with E-state index in [1.807, 2.05) is 29.2 Å². The highest BCUT2D eigenvalue weighted by molar-refractivity contribution is 6.29. The Labute approximate surface area is 169 Å². The summed E-state index contributed by atoms with van der Waals surface area (Å²) in [4.78, 5) is 13.0. The molecule has 150 valence electrons. The summed E-state index contributed by atoms with van der Waals surface area (Å²) in [5.74, 6) is 0.549. The molecule has 0 bridgehead atoms. The van der Waals surface area contributed by atoms with Crippen molar-refractivity contribution in [2.45, 2.75) is 19.1 Å². The number of aromatic amines is 1. The minimum Gasteiger partial charge on any atom is -0.350 e. The molecule has 1 aliphatic rings. The average Bonchev–Trinajstić information content (AvgIpc) is 3.37. The third kappa shape index (κ3) is 4.19. The molecule has 4 aromatic rings.